The summed E-state index contributed by atoms with van der Waals surface area (Å²) in [7, 11) is 1.71. The summed E-state index contributed by atoms with van der Waals surface area (Å²) in [6.07, 6.45) is 6.64. The van der Waals surface area contributed by atoms with Crippen LogP contribution in [0.3, 0.4) is 0 Å². The van der Waals surface area contributed by atoms with Gasteiger partial charge in [0.15, 0.2) is 0 Å². The molecule has 1 saturated heterocycles. The van der Waals surface area contributed by atoms with E-state index in [0.29, 0.717) is 23.3 Å². The van der Waals surface area contributed by atoms with Crippen molar-refractivity contribution in [2.75, 3.05) is 13.1 Å². The molecule has 0 radical (unpaired) electrons. The summed E-state index contributed by atoms with van der Waals surface area (Å²) in [6.45, 7) is 2.20. The molecule has 2 fully saturated rings. The van der Waals surface area contributed by atoms with E-state index in [-0.39, 0.29) is 18.0 Å². The van der Waals surface area contributed by atoms with Crippen LogP contribution < -0.4 is 15.6 Å². The lowest BCUT2D eigenvalue weighted by Crippen LogP contribution is -2.43. The Balaban J connectivity index is 0.00000231. The Morgan fingerprint density at radius 2 is 1.61 bits per heavy atom. The summed E-state index contributed by atoms with van der Waals surface area (Å²) in [5.41, 5.74) is 1.75. The summed E-state index contributed by atoms with van der Waals surface area (Å²) in [5, 5.41) is 9.59. The highest BCUT2D eigenvalue weighted by atomic mass is 35.5. The van der Waals surface area contributed by atoms with Crippen LogP contribution in [0.1, 0.15) is 32.1 Å². The maximum absolute atomic E-state index is 12.4. The number of nitrogens with one attached hydrogen (secondary N) is 1. The van der Waals surface area contributed by atoms with Gasteiger partial charge in [-0.1, -0.05) is 24.6 Å². The molecule has 1 atom stereocenters. The van der Waals surface area contributed by atoms with Gasteiger partial charge in [-0.2, -0.15) is 5.10 Å². The van der Waals surface area contributed by atoms with Gasteiger partial charge < -0.3 is 10.1 Å². The minimum Gasteiger partial charge on any atom is -0.490 e. The second-order valence-electron chi connectivity index (χ2n) is 8.71. The molecule has 2 aliphatic rings. The molecule has 2 aromatic carbocycles. The second-order valence-corrected chi connectivity index (χ2v) is 8.71. The highest BCUT2D eigenvalue weighted by Gasteiger charge is 2.35. The second kappa shape index (κ2) is 9.41. The molecule has 0 amide bonds. The van der Waals surface area contributed by atoms with Crippen LogP contribution in [0.2, 0.25) is 0 Å². The predicted octanol–water partition coefficient (Wildman–Crippen LogP) is 4.57. The maximum Gasteiger partial charge on any atom is 0.274 e. The lowest BCUT2D eigenvalue weighted by Gasteiger charge is -2.40. The number of hydrogen-bond acceptors (Lipinski definition) is 4. The van der Waals surface area contributed by atoms with Crippen LogP contribution in [0.15, 0.2) is 53.3 Å². The standard InChI is InChI=1S/C25H29N3O2.ClH/c1-28-25(29)22-8-3-2-7-21(22)23(27-28)17-9-11-20(12-10-17)30-24(18-5-4-6-18)19-13-15-26-16-14-19;/h2-3,7-12,18-19,24,26H,4-6,13-16H2,1H3;1H. The van der Waals surface area contributed by atoms with E-state index in [0.717, 1.165) is 35.5 Å². The van der Waals surface area contributed by atoms with E-state index in [1.54, 1.807) is 7.05 Å². The van der Waals surface area contributed by atoms with Crippen molar-refractivity contribution in [2.45, 2.75) is 38.2 Å². The van der Waals surface area contributed by atoms with Crippen molar-refractivity contribution in [1.29, 1.82) is 0 Å². The van der Waals surface area contributed by atoms with Crippen molar-refractivity contribution < 1.29 is 4.74 Å². The zero-order valence-electron chi connectivity index (χ0n) is 17.9. The molecule has 0 bridgehead atoms. The van der Waals surface area contributed by atoms with E-state index in [9.17, 15) is 4.79 Å². The van der Waals surface area contributed by atoms with Gasteiger partial charge in [0.05, 0.1) is 11.1 Å². The maximum atomic E-state index is 12.4. The van der Waals surface area contributed by atoms with Gasteiger partial charge in [0.25, 0.3) is 5.56 Å². The molecule has 1 N–H and O–H groups in total. The van der Waals surface area contributed by atoms with E-state index >= 15 is 0 Å². The molecule has 6 heteroatoms. The molecule has 164 valence electrons. The molecule has 31 heavy (non-hydrogen) atoms. The van der Waals surface area contributed by atoms with Crippen LogP contribution >= 0.6 is 12.4 Å². The minimum absolute atomic E-state index is 0. The normalized spacial score (nSPS) is 18.2. The van der Waals surface area contributed by atoms with Gasteiger partial charge >= 0.3 is 0 Å². The monoisotopic (exact) mass is 439 g/mol. The van der Waals surface area contributed by atoms with E-state index in [4.69, 9.17) is 4.74 Å². The van der Waals surface area contributed by atoms with E-state index < -0.39 is 0 Å². The summed E-state index contributed by atoms with van der Waals surface area (Å²) in [4.78, 5) is 12.4. The van der Waals surface area contributed by atoms with Crippen molar-refractivity contribution in [1.82, 2.24) is 15.1 Å². The Labute approximate surface area is 189 Å². The summed E-state index contributed by atoms with van der Waals surface area (Å²) >= 11 is 0. The number of fused-ring (bicyclic) bond motifs is 1. The Morgan fingerprint density at radius 3 is 2.26 bits per heavy atom. The molecular weight excluding hydrogens is 410 g/mol. The van der Waals surface area contributed by atoms with Gasteiger partial charge in [0.1, 0.15) is 11.9 Å². The van der Waals surface area contributed by atoms with E-state index in [1.165, 1.54) is 36.8 Å². The van der Waals surface area contributed by atoms with Gasteiger partial charge in [-0.15, -0.1) is 12.4 Å². The fraction of sp³-hybridized carbons (Fsp3) is 0.440. The summed E-state index contributed by atoms with van der Waals surface area (Å²) in [6, 6.07) is 15.9. The van der Waals surface area contributed by atoms with Crippen LogP contribution in [0.4, 0.5) is 0 Å². The highest BCUT2D eigenvalue weighted by molar-refractivity contribution is 5.93. The Kier molecular flexibility index (Phi) is 6.63. The van der Waals surface area contributed by atoms with Gasteiger partial charge in [-0.05, 0) is 80.9 Å². The molecule has 3 aromatic rings. The molecule has 1 aliphatic heterocycles. The number of ether oxygens (including phenoxy) is 1. The zero-order valence-corrected chi connectivity index (χ0v) is 18.7. The number of rotatable bonds is 5. The molecule has 2 heterocycles. The molecule has 0 spiro atoms. The minimum atomic E-state index is -0.0698. The number of hydrogen-bond donors (Lipinski definition) is 1. The number of halogens is 1. The average molecular weight is 440 g/mol. The van der Waals surface area contributed by atoms with Crippen molar-refractivity contribution in [3.05, 3.63) is 58.9 Å². The Morgan fingerprint density at radius 1 is 0.968 bits per heavy atom. The lowest BCUT2D eigenvalue weighted by molar-refractivity contribution is 0.0240. The lowest BCUT2D eigenvalue weighted by atomic mass is 9.74. The SMILES string of the molecule is Cl.Cn1nc(-c2ccc(OC(C3CCC3)C3CCNCC3)cc2)c2ccccc2c1=O. The molecule has 1 aromatic heterocycles. The van der Waals surface area contributed by atoms with Gasteiger partial charge in [-0.3, -0.25) is 4.79 Å². The highest BCUT2D eigenvalue weighted by Crippen LogP contribution is 2.38. The van der Waals surface area contributed by atoms with E-state index in [1.807, 2.05) is 24.3 Å². The number of piperidine rings is 1. The largest absolute Gasteiger partial charge is 0.490 e. The first kappa shape index (κ1) is 21.8. The summed E-state index contributed by atoms with van der Waals surface area (Å²) < 4.78 is 8.00. The molecule has 1 unspecified atom stereocenters. The zero-order chi connectivity index (χ0) is 20.5. The fourth-order valence-corrected chi connectivity index (χ4v) is 4.88. The molecular formula is C25H30ClN3O2. The molecule has 5 rings (SSSR count). The third-order valence-electron chi connectivity index (χ3n) is 6.82. The first-order valence-electron chi connectivity index (χ1n) is 11.1. The topological polar surface area (TPSA) is 56.1 Å². The van der Waals surface area contributed by atoms with Crippen molar-refractivity contribution in [3.63, 3.8) is 0 Å². The predicted molar refractivity (Wildman–Crippen MR) is 127 cm³/mol. The number of benzene rings is 2. The van der Waals surface area contributed by atoms with Crippen molar-refractivity contribution >= 4 is 23.2 Å². The first-order valence-corrected chi connectivity index (χ1v) is 11.1. The van der Waals surface area contributed by atoms with Crippen molar-refractivity contribution in [3.8, 4) is 17.0 Å². The third kappa shape index (κ3) is 4.35. The molecule has 1 aliphatic carbocycles. The first-order chi connectivity index (χ1) is 14.7. The molecule has 5 nitrogen and oxygen atoms in total. The smallest absolute Gasteiger partial charge is 0.274 e. The van der Waals surface area contributed by atoms with Crippen LogP contribution in [-0.4, -0.2) is 29.0 Å². The van der Waals surface area contributed by atoms with Crippen molar-refractivity contribution in [2.24, 2.45) is 18.9 Å². The van der Waals surface area contributed by atoms with Crippen LogP contribution in [0, 0.1) is 11.8 Å². The Hall–Kier alpha value is -2.37. The molecule has 1 saturated carbocycles. The summed E-state index contributed by atoms with van der Waals surface area (Å²) in [5.74, 6) is 2.27. The number of nitrogens with zero attached hydrogens (tertiary/aromatic N) is 2. The van der Waals surface area contributed by atoms with Crippen LogP contribution in [-0.2, 0) is 7.05 Å². The van der Waals surface area contributed by atoms with Gasteiger partial charge in [0, 0.05) is 18.0 Å². The number of aromatic nitrogens is 2. The average Bonchev–Trinajstić information content (AvgIpc) is 2.76. The van der Waals surface area contributed by atoms with Crippen LogP contribution in [0.25, 0.3) is 22.0 Å². The van der Waals surface area contributed by atoms with Gasteiger partial charge in [-0.25, -0.2) is 4.68 Å². The van der Waals surface area contributed by atoms with E-state index in [2.05, 4.69) is 34.7 Å². The fourth-order valence-electron chi connectivity index (χ4n) is 4.88. The van der Waals surface area contributed by atoms with Gasteiger partial charge in [0.2, 0.25) is 0 Å². The van der Waals surface area contributed by atoms with Crippen LogP contribution in [0.5, 0.6) is 5.75 Å². The third-order valence-corrected chi connectivity index (χ3v) is 6.82. The quantitative estimate of drug-likeness (QED) is 0.632. The Bertz CT molecular complexity index is 1090. The number of aryl methyl sites for hydroxylation is 1.